The number of rotatable bonds is 5. The van der Waals surface area contributed by atoms with Gasteiger partial charge in [0, 0.05) is 33.7 Å². The fraction of sp³-hybridized carbons (Fsp3) is 0.909. The fourth-order valence-electron chi connectivity index (χ4n) is 1.97. The summed E-state index contributed by atoms with van der Waals surface area (Å²) in [5.41, 5.74) is 0. The van der Waals surface area contributed by atoms with Gasteiger partial charge in [-0.05, 0) is 6.42 Å². The lowest BCUT2D eigenvalue weighted by molar-refractivity contribution is 0.437. The van der Waals surface area contributed by atoms with Crippen LogP contribution in [0.5, 0.6) is 0 Å². The second kappa shape index (κ2) is 5.89. The molecular weight excluding hydrogens is 174 g/mol. The van der Waals surface area contributed by atoms with Gasteiger partial charge >= 0.3 is 0 Å². The number of guanidine groups is 1. The van der Waals surface area contributed by atoms with E-state index < -0.39 is 0 Å². The maximum atomic E-state index is 4.32. The molecule has 0 aromatic carbocycles. The zero-order chi connectivity index (χ0) is 10.4. The minimum atomic E-state index is 1.13. The Hall–Kier alpha value is -0.730. The van der Waals surface area contributed by atoms with E-state index in [4.69, 9.17) is 0 Å². The SMILES string of the molecule is CCCCCCN1CCN(C)/C1=N/C. The number of nitrogens with zero attached hydrogens (tertiary/aromatic N) is 3. The van der Waals surface area contributed by atoms with Crippen molar-refractivity contribution in [3.05, 3.63) is 0 Å². The first kappa shape index (κ1) is 11.3. The molecule has 1 aliphatic rings. The Kier molecular flexibility index (Phi) is 4.77. The highest BCUT2D eigenvalue weighted by atomic mass is 15.4. The third kappa shape index (κ3) is 2.89. The summed E-state index contributed by atoms with van der Waals surface area (Å²) in [5.74, 6) is 1.17. The van der Waals surface area contributed by atoms with Gasteiger partial charge in [0.15, 0.2) is 5.96 Å². The van der Waals surface area contributed by atoms with Crippen molar-refractivity contribution in [1.82, 2.24) is 9.80 Å². The Morgan fingerprint density at radius 3 is 2.64 bits per heavy atom. The van der Waals surface area contributed by atoms with Crippen molar-refractivity contribution in [2.75, 3.05) is 33.7 Å². The summed E-state index contributed by atoms with van der Waals surface area (Å²) >= 11 is 0. The summed E-state index contributed by atoms with van der Waals surface area (Å²) in [6, 6.07) is 0. The van der Waals surface area contributed by atoms with Crippen molar-refractivity contribution in [2.45, 2.75) is 32.6 Å². The van der Waals surface area contributed by atoms with E-state index in [9.17, 15) is 0 Å². The van der Waals surface area contributed by atoms with E-state index >= 15 is 0 Å². The second-order valence-electron chi connectivity index (χ2n) is 3.99. The van der Waals surface area contributed by atoms with E-state index in [1.165, 1.54) is 38.2 Å². The van der Waals surface area contributed by atoms with Crippen LogP contribution in [0.25, 0.3) is 0 Å². The van der Waals surface area contributed by atoms with Gasteiger partial charge in [-0.1, -0.05) is 26.2 Å². The Bertz CT molecular complexity index is 189. The average molecular weight is 197 g/mol. The van der Waals surface area contributed by atoms with Gasteiger partial charge in [0.25, 0.3) is 0 Å². The summed E-state index contributed by atoms with van der Waals surface area (Å²) in [6.45, 7) is 5.70. The molecule has 0 aromatic rings. The van der Waals surface area contributed by atoms with Crippen LogP contribution in [0.2, 0.25) is 0 Å². The van der Waals surface area contributed by atoms with Gasteiger partial charge in [0.1, 0.15) is 0 Å². The molecule has 0 atom stereocenters. The molecule has 0 amide bonds. The zero-order valence-corrected chi connectivity index (χ0v) is 9.79. The molecule has 0 unspecified atom stereocenters. The maximum Gasteiger partial charge on any atom is 0.196 e. The number of unbranched alkanes of at least 4 members (excludes halogenated alkanes) is 3. The molecule has 1 heterocycles. The maximum absolute atomic E-state index is 4.32. The number of aliphatic imine (C=N–C) groups is 1. The Morgan fingerprint density at radius 1 is 1.21 bits per heavy atom. The molecule has 3 heteroatoms. The molecule has 82 valence electrons. The molecule has 0 bridgehead atoms. The van der Waals surface area contributed by atoms with Gasteiger partial charge in [-0.3, -0.25) is 4.99 Å². The third-order valence-corrected chi connectivity index (χ3v) is 2.81. The normalized spacial score (nSPS) is 19.8. The van der Waals surface area contributed by atoms with E-state index in [0.717, 1.165) is 13.1 Å². The molecular formula is C11H23N3. The largest absolute Gasteiger partial charge is 0.344 e. The van der Waals surface area contributed by atoms with E-state index in [2.05, 4.69) is 28.8 Å². The zero-order valence-electron chi connectivity index (χ0n) is 9.79. The average Bonchev–Trinajstić information content (AvgIpc) is 2.54. The highest BCUT2D eigenvalue weighted by Gasteiger charge is 2.21. The predicted molar refractivity (Wildman–Crippen MR) is 61.7 cm³/mol. The monoisotopic (exact) mass is 197 g/mol. The van der Waals surface area contributed by atoms with Crippen molar-refractivity contribution in [2.24, 2.45) is 4.99 Å². The molecule has 0 N–H and O–H groups in total. The number of hydrogen-bond acceptors (Lipinski definition) is 1. The highest BCUT2D eigenvalue weighted by Crippen LogP contribution is 2.08. The van der Waals surface area contributed by atoms with E-state index in [-0.39, 0.29) is 0 Å². The van der Waals surface area contributed by atoms with Gasteiger partial charge in [0.2, 0.25) is 0 Å². The Morgan fingerprint density at radius 2 is 2.00 bits per heavy atom. The lowest BCUT2D eigenvalue weighted by Crippen LogP contribution is -2.32. The Labute approximate surface area is 87.8 Å². The van der Waals surface area contributed by atoms with Crippen LogP contribution >= 0.6 is 0 Å². The van der Waals surface area contributed by atoms with Crippen LogP contribution in [-0.2, 0) is 0 Å². The smallest absolute Gasteiger partial charge is 0.196 e. The molecule has 1 fully saturated rings. The minimum absolute atomic E-state index is 1.13. The summed E-state index contributed by atoms with van der Waals surface area (Å²) in [7, 11) is 4.00. The first-order valence-electron chi connectivity index (χ1n) is 5.72. The van der Waals surface area contributed by atoms with Crippen molar-refractivity contribution in [3.63, 3.8) is 0 Å². The van der Waals surface area contributed by atoms with Crippen LogP contribution in [0.3, 0.4) is 0 Å². The molecule has 1 rings (SSSR count). The number of hydrogen-bond donors (Lipinski definition) is 0. The predicted octanol–water partition coefficient (Wildman–Crippen LogP) is 1.80. The standard InChI is InChI=1S/C11H23N3/c1-4-5-6-7-8-14-10-9-13(3)11(14)12-2/h4-10H2,1-3H3/b12-11-. The molecule has 1 saturated heterocycles. The van der Waals surface area contributed by atoms with Crippen LogP contribution in [-0.4, -0.2) is 49.5 Å². The van der Waals surface area contributed by atoms with Gasteiger partial charge in [0.05, 0.1) is 0 Å². The molecule has 3 nitrogen and oxygen atoms in total. The van der Waals surface area contributed by atoms with Crippen LogP contribution in [0.1, 0.15) is 32.6 Å². The minimum Gasteiger partial charge on any atom is -0.344 e. The molecule has 14 heavy (non-hydrogen) atoms. The molecule has 0 aliphatic carbocycles. The van der Waals surface area contributed by atoms with Gasteiger partial charge in [-0.2, -0.15) is 0 Å². The fourth-order valence-corrected chi connectivity index (χ4v) is 1.97. The van der Waals surface area contributed by atoms with Gasteiger partial charge < -0.3 is 9.80 Å². The quantitative estimate of drug-likeness (QED) is 0.626. The van der Waals surface area contributed by atoms with E-state index in [1.54, 1.807) is 0 Å². The second-order valence-corrected chi connectivity index (χ2v) is 3.99. The molecule has 0 saturated carbocycles. The molecule has 0 spiro atoms. The van der Waals surface area contributed by atoms with E-state index in [1.807, 2.05) is 7.05 Å². The van der Waals surface area contributed by atoms with Crippen LogP contribution < -0.4 is 0 Å². The van der Waals surface area contributed by atoms with Crippen LogP contribution in [0.4, 0.5) is 0 Å². The summed E-state index contributed by atoms with van der Waals surface area (Å²) in [5, 5.41) is 0. The topological polar surface area (TPSA) is 18.8 Å². The first-order valence-corrected chi connectivity index (χ1v) is 5.72. The van der Waals surface area contributed by atoms with Crippen molar-refractivity contribution in [3.8, 4) is 0 Å². The third-order valence-electron chi connectivity index (χ3n) is 2.81. The van der Waals surface area contributed by atoms with Crippen LogP contribution in [0.15, 0.2) is 4.99 Å². The first-order chi connectivity index (χ1) is 6.79. The van der Waals surface area contributed by atoms with E-state index in [0.29, 0.717) is 0 Å². The lowest BCUT2D eigenvalue weighted by Gasteiger charge is -2.19. The summed E-state index contributed by atoms with van der Waals surface area (Å²) < 4.78 is 0. The summed E-state index contributed by atoms with van der Waals surface area (Å²) in [6.07, 6.45) is 5.34. The van der Waals surface area contributed by atoms with Gasteiger partial charge in [-0.15, -0.1) is 0 Å². The molecule has 1 aliphatic heterocycles. The van der Waals surface area contributed by atoms with Crippen LogP contribution in [0, 0.1) is 0 Å². The Balaban J connectivity index is 2.24. The van der Waals surface area contributed by atoms with Gasteiger partial charge in [-0.25, -0.2) is 0 Å². The summed E-state index contributed by atoms with van der Waals surface area (Å²) in [4.78, 5) is 8.95. The lowest BCUT2D eigenvalue weighted by atomic mass is 10.2. The highest BCUT2D eigenvalue weighted by molar-refractivity contribution is 5.81. The van der Waals surface area contributed by atoms with Crippen molar-refractivity contribution < 1.29 is 0 Å². The number of likely N-dealkylation sites (N-methyl/N-ethyl adjacent to an activating group) is 1. The van der Waals surface area contributed by atoms with Crippen molar-refractivity contribution in [1.29, 1.82) is 0 Å². The molecule has 0 radical (unpaired) electrons. The van der Waals surface area contributed by atoms with Crippen molar-refractivity contribution >= 4 is 5.96 Å². The molecule has 0 aromatic heterocycles.